The normalized spacial score (nSPS) is 15.3. The standard InChI is InChI=1S/C22H31ClN4O4/c1-22(2,3)31-21(29)24-11-17(28)13-27-10-8-18-15(12-27)5-6-19(20(18)23)30-14-16-7-9-25-26(16)4/h5-7,9,17,28H,8,10-14H2,1-4H3,(H,24,29)/t17-/m0/s1. The Hall–Kier alpha value is -2.29. The topological polar surface area (TPSA) is 88.9 Å². The third-order valence-corrected chi connectivity index (χ3v) is 5.44. The van der Waals surface area contributed by atoms with Crippen molar-refractivity contribution >= 4 is 17.7 Å². The van der Waals surface area contributed by atoms with Gasteiger partial charge in [-0.2, -0.15) is 5.10 Å². The number of alkyl carbamates (subject to hydrolysis) is 1. The summed E-state index contributed by atoms with van der Waals surface area (Å²) >= 11 is 6.62. The van der Waals surface area contributed by atoms with Gasteiger partial charge in [-0.15, -0.1) is 0 Å². The molecule has 1 aliphatic rings. The SMILES string of the molecule is Cn1nccc1COc1ccc2c(c1Cl)CCN(C[C@@H](O)CNC(=O)OC(C)(C)C)C2. The van der Waals surface area contributed by atoms with E-state index in [0.717, 1.165) is 29.8 Å². The number of aryl methyl sites for hydroxylation is 1. The van der Waals surface area contributed by atoms with Crippen molar-refractivity contribution in [2.24, 2.45) is 7.05 Å². The summed E-state index contributed by atoms with van der Waals surface area (Å²) in [7, 11) is 1.87. The van der Waals surface area contributed by atoms with Crippen LogP contribution in [0.3, 0.4) is 0 Å². The van der Waals surface area contributed by atoms with E-state index in [4.69, 9.17) is 21.1 Å². The highest BCUT2D eigenvalue weighted by Crippen LogP contribution is 2.34. The minimum Gasteiger partial charge on any atom is -0.486 e. The number of β-amino-alcohol motifs (C(OH)–C–C–N with tert-alkyl or cyclic N) is 1. The first-order chi connectivity index (χ1) is 14.6. The molecule has 1 atom stereocenters. The van der Waals surface area contributed by atoms with E-state index in [2.05, 4.69) is 15.3 Å². The van der Waals surface area contributed by atoms with Gasteiger partial charge in [0.1, 0.15) is 18.0 Å². The molecular weight excluding hydrogens is 420 g/mol. The second kappa shape index (κ2) is 9.89. The van der Waals surface area contributed by atoms with Crippen LogP contribution in [0, 0.1) is 0 Å². The van der Waals surface area contributed by atoms with Crippen LogP contribution in [0.4, 0.5) is 4.79 Å². The molecule has 2 heterocycles. The van der Waals surface area contributed by atoms with Gasteiger partial charge in [0.15, 0.2) is 0 Å². The fraction of sp³-hybridized carbons (Fsp3) is 0.545. The Morgan fingerprint density at radius 1 is 1.35 bits per heavy atom. The molecule has 0 radical (unpaired) electrons. The Morgan fingerprint density at radius 3 is 2.81 bits per heavy atom. The number of hydrogen-bond donors (Lipinski definition) is 2. The van der Waals surface area contributed by atoms with Gasteiger partial charge in [-0.1, -0.05) is 17.7 Å². The summed E-state index contributed by atoms with van der Waals surface area (Å²) in [5.74, 6) is 0.664. The molecule has 0 spiro atoms. The van der Waals surface area contributed by atoms with E-state index in [1.54, 1.807) is 31.6 Å². The molecule has 3 rings (SSSR count). The predicted molar refractivity (Wildman–Crippen MR) is 118 cm³/mol. The van der Waals surface area contributed by atoms with Gasteiger partial charge in [0.05, 0.1) is 16.8 Å². The minimum atomic E-state index is -0.689. The molecule has 0 unspecified atom stereocenters. The quantitative estimate of drug-likeness (QED) is 0.674. The molecule has 0 fully saturated rings. The number of aromatic nitrogens is 2. The zero-order valence-electron chi connectivity index (χ0n) is 18.5. The highest BCUT2D eigenvalue weighted by atomic mass is 35.5. The van der Waals surface area contributed by atoms with E-state index in [1.807, 2.05) is 25.2 Å². The molecule has 1 aliphatic heterocycles. The van der Waals surface area contributed by atoms with Crippen molar-refractivity contribution in [2.45, 2.75) is 52.0 Å². The molecule has 8 nitrogen and oxygen atoms in total. The van der Waals surface area contributed by atoms with Crippen LogP contribution in [-0.4, -0.2) is 57.2 Å². The minimum absolute atomic E-state index is 0.139. The monoisotopic (exact) mass is 450 g/mol. The summed E-state index contributed by atoms with van der Waals surface area (Å²) in [6.45, 7) is 7.84. The number of carbonyl (C=O) groups is 1. The summed E-state index contributed by atoms with van der Waals surface area (Å²) in [5.41, 5.74) is 2.61. The summed E-state index contributed by atoms with van der Waals surface area (Å²) in [4.78, 5) is 13.9. The van der Waals surface area contributed by atoms with Crippen molar-refractivity contribution in [3.05, 3.63) is 46.2 Å². The molecule has 0 bridgehead atoms. The fourth-order valence-electron chi connectivity index (χ4n) is 3.49. The lowest BCUT2D eigenvalue weighted by molar-refractivity contribution is 0.0464. The number of nitrogens with zero attached hydrogens (tertiary/aromatic N) is 3. The molecule has 2 N–H and O–H groups in total. The summed E-state index contributed by atoms with van der Waals surface area (Å²) < 4.78 is 12.9. The molecule has 0 saturated carbocycles. The fourth-order valence-corrected chi connectivity index (χ4v) is 3.82. The first kappa shape index (κ1) is 23.4. The van der Waals surface area contributed by atoms with E-state index in [1.165, 1.54) is 0 Å². The van der Waals surface area contributed by atoms with Crippen molar-refractivity contribution in [2.75, 3.05) is 19.6 Å². The summed E-state index contributed by atoms with van der Waals surface area (Å²) in [6.07, 6.45) is 1.29. The lowest BCUT2D eigenvalue weighted by Gasteiger charge is -2.31. The molecule has 1 aromatic carbocycles. The van der Waals surface area contributed by atoms with Crippen molar-refractivity contribution in [1.29, 1.82) is 0 Å². The molecule has 2 aromatic rings. The van der Waals surface area contributed by atoms with E-state index in [0.29, 0.717) is 30.5 Å². The first-order valence-electron chi connectivity index (χ1n) is 10.4. The number of hydrogen-bond acceptors (Lipinski definition) is 6. The van der Waals surface area contributed by atoms with Gasteiger partial charge in [0, 0.05) is 39.4 Å². The maximum atomic E-state index is 11.7. The molecule has 1 amide bonds. The molecule has 1 aromatic heterocycles. The lowest BCUT2D eigenvalue weighted by atomic mass is 9.99. The van der Waals surface area contributed by atoms with Gasteiger partial charge in [-0.25, -0.2) is 4.79 Å². The summed E-state index contributed by atoms with van der Waals surface area (Å²) in [5, 5.41) is 17.7. The Labute approximate surface area is 188 Å². The number of aliphatic hydroxyl groups excluding tert-OH is 1. The van der Waals surface area contributed by atoms with Crippen LogP contribution in [0.2, 0.25) is 5.02 Å². The number of ether oxygens (including phenoxy) is 2. The second-order valence-electron chi connectivity index (χ2n) is 8.77. The number of nitrogens with one attached hydrogen (secondary N) is 1. The number of fused-ring (bicyclic) bond motifs is 1. The van der Waals surface area contributed by atoms with E-state index in [9.17, 15) is 9.90 Å². The maximum absolute atomic E-state index is 11.7. The van der Waals surface area contributed by atoms with Gasteiger partial charge in [-0.3, -0.25) is 9.58 Å². The number of benzene rings is 1. The average Bonchev–Trinajstić information content (AvgIpc) is 3.09. The van der Waals surface area contributed by atoms with Crippen molar-refractivity contribution in [3.8, 4) is 5.75 Å². The Bertz CT molecular complexity index is 909. The summed E-state index contributed by atoms with van der Waals surface area (Å²) in [6, 6.07) is 5.83. The largest absolute Gasteiger partial charge is 0.486 e. The van der Waals surface area contributed by atoms with Gasteiger partial charge < -0.3 is 19.9 Å². The molecule has 170 valence electrons. The average molecular weight is 451 g/mol. The first-order valence-corrected chi connectivity index (χ1v) is 10.8. The van der Waals surface area contributed by atoms with Crippen molar-refractivity contribution in [1.82, 2.24) is 20.0 Å². The third-order valence-electron chi connectivity index (χ3n) is 5.02. The smallest absolute Gasteiger partial charge is 0.407 e. The molecule has 0 saturated heterocycles. The van der Waals surface area contributed by atoms with Crippen LogP contribution >= 0.6 is 11.6 Å². The molecule has 9 heteroatoms. The van der Waals surface area contributed by atoms with E-state index >= 15 is 0 Å². The Kier molecular flexibility index (Phi) is 7.46. The highest BCUT2D eigenvalue weighted by molar-refractivity contribution is 6.33. The number of carbonyl (C=O) groups excluding carboxylic acids is 1. The van der Waals surface area contributed by atoms with E-state index < -0.39 is 17.8 Å². The van der Waals surface area contributed by atoms with Crippen LogP contribution in [0.1, 0.15) is 37.6 Å². The van der Waals surface area contributed by atoms with Gasteiger partial charge in [0.2, 0.25) is 0 Å². The van der Waals surface area contributed by atoms with Crippen molar-refractivity contribution in [3.63, 3.8) is 0 Å². The van der Waals surface area contributed by atoms with E-state index in [-0.39, 0.29) is 6.54 Å². The third kappa shape index (κ3) is 6.59. The number of rotatable bonds is 7. The Balaban J connectivity index is 1.52. The van der Waals surface area contributed by atoms with Gasteiger partial charge in [-0.05, 0) is 50.5 Å². The van der Waals surface area contributed by atoms with Crippen LogP contribution in [0.25, 0.3) is 0 Å². The zero-order chi connectivity index (χ0) is 22.6. The lowest BCUT2D eigenvalue weighted by Crippen LogP contribution is -2.43. The Morgan fingerprint density at radius 2 is 2.13 bits per heavy atom. The van der Waals surface area contributed by atoms with Crippen molar-refractivity contribution < 1.29 is 19.4 Å². The molecular formula is C22H31ClN4O4. The number of halogens is 1. The van der Waals surface area contributed by atoms with Crippen LogP contribution in [0.15, 0.2) is 24.4 Å². The van der Waals surface area contributed by atoms with Crippen LogP contribution < -0.4 is 10.1 Å². The van der Waals surface area contributed by atoms with Crippen LogP contribution in [0.5, 0.6) is 5.75 Å². The highest BCUT2D eigenvalue weighted by Gasteiger charge is 2.23. The predicted octanol–water partition coefficient (Wildman–Crippen LogP) is 2.90. The molecule has 31 heavy (non-hydrogen) atoms. The second-order valence-corrected chi connectivity index (χ2v) is 9.15. The van der Waals surface area contributed by atoms with Gasteiger partial charge >= 0.3 is 6.09 Å². The van der Waals surface area contributed by atoms with Crippen LogP contribution in [-0.2, 0) is 31.4 Å². The van der Waals surface area contributed by atoms with Gasteiger partial charge in [0.25, 0.3) is 0 Å². The zero-order valence-corrected chi connectivity index (χ0v) is 19.3. The molecule has 0 aliphatic carbocycles. The number of aliphatic hydroxyl groups is 1. The maximum Gasteiger partial charge on any atom is 0.407 e. The number of amides is 1.